The molecule has 0 atom stereocenters. The second-order valence-electron chi connectivity index (χ2n) is 2.94. The molecule has 14 heavy (non-hydrogen) atoms. The van der Waals surface area contributed by atoms with Gasteiger partial charge in [0.25, 0.3) is 0 Å². The lowest BCUT2D eigenvalue weighted by molar-refractivity contribution is 0.345. The van der Waals surface area contributed by atoms with Crippen molar-refractivity contribution in [3.8, 4) is 11.5 Å². The highest BCUT2D eigenvalue weighted by atomic mass is 32.1. The van der Waals surface area contributed by atoms with Crippen LogP contribution in [0.1, 0.15) is 6.92 Å². The molecular weight excluding hydrogens is 198 g/mol. The van der Waals surface area contributed by atoms with Gasteiger partial charge in [0.2, 0.25) is 0 Å². The fraction of sp³-hybridized carbons (Fsp3) is 0.200. The highest BCUT2D eigenvalue weighted by molar-refractivity contribution is 7.17. The van der Waals surface area contributed by atoms with Crippen molar-refractivity contribution in [1.82, 2.24) is 0 Å². The molecule has 1 aromatic heterocycles. The van der Waals surface area contributed by atoms with Crippen LogP contribution >= 0.6 is 11.3 Å². The number of thiophene rings is 1. The van der Waals surface area contributed by atoms with Gasteiger partial charge in [0, 0.05) is 15.5 Å². The monoisotopic (exact) mass is 209 g/mol. The Morgan fingerprint density at radius 1 is 1.50 bits per heavy atom. The van der Waals surface area contributed by atoms with Gasteiger partial charge in [-0.15, -0.1) is 11.3 Å². The van der Waals surface area contributed by atoms with Crippen molar-refractivity contribution >= 4 is 27.1 Å². The molecule has 0 fully saturated rings. The summed E-state index contributed by atoms with van der Waals surface area (Å²) in [5, 5.41) is 12.3. The van der Waals surface area contributed by atoms with E-state index in [1.807, 2.05) is 12.3 Å². The van der Waals surface area contributed by atoms with Crippen molar-refractivity contribution < 1.29 is 9.84 Å². The van der Waals surface area contributed by atoms with Crippen molar-refractivity contribution in [1.29, 1.82) is 0 Å². The van der Waals surface area contributed by atoms with Gasteiger partial charge < -0.3 is 15.6 Å². The molecule has 0 saturated heterocycles. The van der Waals surface area contributed by atoms with Crippen LogP contribution in [0.2, 0.25) is 0 Å². The average molecular weight is 209 g/mol. The number of aromatic hydroxyl groups is 1. The van der Waals surface area contributed by atoms with E-state index in [2.05, 4.69) is 0 Å². The number of phenolic OH excluding ortho intramolecular Hbond substituents is 1. The van der Waals surface area contributed by atoms with Gasteiger partial charge in [-0.3, -0.25) is 0 Å². The molecule has 2 aromatic rings. The molecule has 2 rings (SSSR count). The predicted molar refractivity (Wildman–Crippen MR) is 59.1 cm³/mol. The van der Waals surface area contributed by atoms with Crippen molar-refractivity contribution in [2.24, 2.45) is 0 Å². The fourth-order valence-electron chi connectivity index (χ4n) is 1.32. The molecule has 74 valence electrons. The number of fused-ring (bicyclic) bond motifs is 1. The largest absolute Gasteiger partial charge is 0.506 e. The minimum Gasteiger partial charge on any atom is -0.506 e. The maximum absolute atomic E-state index is 9.40. The van der Waals surface area contributed by atoms with Crippen molar-refractivity contribution in [2.45, 2.75) is 6.92 Å². The third-order valence-electron chi connectivity index (χ3n) is 1.99. The average Bonchev–Trinajstić information content (AvgIpc) is 2.51. The Hall–Kier alpha value is -1.42. The van der Waals surface area contributed by atoms with Crippen LogP contribution in [0.5, 0.6) is 11.5 Å². The van der Waals surface area contributed by atoms with Crippen LogP contribution in [0, 0.1) is 0 Å². The van der Waals surface area contributed by atoms with E-state index in [1.165, 1.54) is 11.3 Å². The second kappa shape index (κ2) is 3.38. The highest BCUT2D eigenvalue weighted by Gasteiger charge is 2.07. The minimum absolute atomic E-state index is 0.127. The summed E-state index contributed by atoms with van der Waals surface area (Å²) in [4.78, 5) is 0. The Labute approximate surface area is 85.7 Å². The molecule has 0 amide bonds. The van der Waals surface area contributed by atoms with Crippen LogP contribution in [0.25, 0.3) is 10.1 Å². The van der Waals surface area contributed by atoms with Gasteiger partial charge in [-0.2, -0.15) is 0 Å². The molecule has 3 nitrogen and oxygen atoms in total. The molecule has 0 aliphatic rings. The quantitative estimate of drug-likeness (QED) is 0.590. The Bertz CT molecular complexity index is 464. The number of hydrogen-bond donors (Lipinski definition) is 2. The summed E-state index contributed by atoms with van der Waals surface area (Å²) in [6.07, 6.45) is 0. The van der Waals surface area contributed by atoms with E-state index >= 15 is 0 Å². The van der Waals surface area contributed by atoms with Crippen LogP contribution in [-0.2, 0) is 0 Å². The van der Waals surface area contributed by atoms with Crippen LogP contribution in [0.15, 0.2) is 17.5 Å². The Morgan fingerprint density at radius 2 is 2.29 bits per heavy atom. The van der Waals surface area contributed by atoms with Gasteiger partial charge in [0.05, 0.1) is 12.3 Å². The summed E-state index contributed by atoms with van der Waals surface area (Å²) in [6.45, 7) is 2.57. The van der Waals surface area contributed by atoms with E-state index in [4.69, 9.17) is 10.5 Å². The maximum atomic E-state index is 9.40. The van der Waals surface area contributed by atoms with Gasteiger partial charge in [0.1, 0.15) is 11.5 Å². The van der Waals surface area contributed by atoms with E-state index in [9.17, 15) is 5.11 Å². The standard InChI is InChI=1S/C10H11NO2S/c1-2-13-9-5-14-10-4-8(12)7(11)3-6(9)10/h3-5,12H,2,11H2,1H3. The molecule has 0 spiro atoms. The van der Waals surface area contributed by atoms with Crippen LogP contribution in [-0.4, -0.2) is 11.7 Å². The highest BCUT2D eigenvalue weighted by Crippen LogP contribution is 2.37. The van der Waals surface area contributed by atoms with Crippen LogP contribution in [0.4, 0.5) is 5.69 Å². The minimum atomic E-state index is 0.127. The zero-order chi connectivity index (χ0) is 10.1. The first-order chi connectivity index (χ1) is 6.72. The second-order valence-corrected chi connectivity index (χ2v) is 3.85. The molecule has 4 heteroatoms. The van der Waals surface area contributed by atoms with Gasteiger partial charge in [-0.05, 0) is 19.1 Å². The third kappa shape index (κ3) is 1.37. The zero-order valence-electron chi connectivity index (χ0n) is 7.78. The molecule has 3 N–H and O–H groups in total. The van der Waals surface area contributed by atoms with Gasteiger partial charge in [0.15, 0.2) is 0 Å². The predicted octanol–water partition coefficient (Wildman–Crippen LogP) is 2.59. The van der Waals surface area contributed by atoms with Crippen molar-refractivity contribution in [3.05, 3.63) is 17.5 Å². The maximum Gasteiger partial charge on any atom is 0.139 e. The molecule has 0 radical (unpaired) electrons. The lowest BCUT2D eigenvalue weighted by atomic mass is 10.2. The number of ether oxygens (including phenoxy) is 1. The first kappa shape index (κ1) is 9.15. The smallest absolute Gasteiger partial charge is 0.139 e. The number of nitrogen functional groups attached to an aromatic ring is 1. The summed E-state index contributed by atoms with van der Waals surface area (Å²) in [7, 11) is 0. The molecule has 0 aliphatic heterocycles. The van der Waals surface area contributed by atoms with Gasteiger partial charge in [-0.25, -0.2) is 0 Å². The number of phenols is 1. The summed E-state index contributed by atoms with van der Waals surface area (Å²) < 4.78 is 6.41. The van der Waals surface area contributed by atoms with Crippen molar-refractivity contribution in [3.63, 3.8) is 0 Å². The molecule has 1 aromatic carbocycles. The number of benzene rings is 1. The van der Waals surface area contributed by atoms with E-state index < -0.39 is 0 Å². The summed E-state index contributed by atoms with van der Waals surface area (Å²) >= 11 is 1.54. The first-order valence-corrected chi connectivity index (χ1v) is 5.23. The number of anilines is 1. The fourth-order valence-corrected chi connectivity index (χ4v) is 2.22. The zero-order valence-corrected chi connectivity index (χ0v) is 8.60. The number of rotatable bonds is 2. The molecular formula is C10H11NO2S. The number of hydrogen-bond acceptors (Lipinski definition) is 4. The number of nitrogens with two attached hydrogens (primary N) is 1. The van der Waals surface area contributed by atoms with Crippen LogP contribution in [0.3, 0.4) is 0 Å². The topological polar surface area (TPSA) is 55.5 Å². The van der Waals surface area contributed by atoms with Crippen molar-refractivity contribution in [2.75, 3.05) is 12.3 Å². The molecule has 0 bridgehead atoms. The summed E-state index contributed by atoms with van der Waals surface area (Å²) in [5.74, 6) is 0.960. The van der Waals surface area contributed by atoms with E-state index in [1.54, 1.807) is 12.1 Å². The van der Waals surface area contributed by atoms with E-state index in [0.717, 1.165) is 15.8 Å². The molecule has 0 aliphatic carbocycles. The first-order valence-electron chi connectivity index (χ1n) is 4.35. The Balaban J connectivity index is 2.61. The molecule has 0 saturated carbocycles. The van der Waals surface area contributed by atoms with E-state index in [-0.39, 0.29) is 5.75 Å². The SMILES string of the molecule is CCOc1csc2cc(O)c(N)cc12. The van der Waals surface area contributed by atoms with Gasteiger partial charge >= 0.3 is 0 Å². The van der Waals surface area contributed by atoms with E-state index in [0.29, 0.717) is 12.3 Å². The lowest BCUT2D eigenvalue weighted by Crippen LogP contribution is -1.90. The Kier molecular flexibility index (Phi) is 2.21. The van der Waals surface area contributed by atoms with Gasteiger partial charge in [-0.1, -0.05) is 0 Å². The lowest BCUT2D eigenvalue weighted by Gasteiger charge is -2.02. The Morgan fingerprint density at radius 3 is 3.00 bits per heavy atom. The summed E-state index contributed by atoms with van der Waals surface area (Å²) in [5.41, 5.74) is 6.00. The summed E-state index contributed by atoms with van der Waals surface area (Å²) in [6, 6.07) is 3.41. The van der Waals surface area contributed by atoms with Crippen LogP contribution < -0.4 is 10.5 Å². The normalized spacial score (nSPS) is 10.6. The molecule has 0 unspecified atom stereocenters. The molecule has 1 heterocycles. The third-order valence-corrected chi connectivity index (χ3v) is 2.91.